The number of nitriles is 1. The number of amides is 1. The van der Waals surface area contributed by atoms with E-state index >= 15 is 0 Å². The number of hydrogen-bond acceptors (Lipinski definition) is 7. The van der Waals surface area contributed by atoms with Gasteiger partial charge in [0.1, 0.15) is 12.1 Å². The minimum atomic E-state index is -1.33. The Morgan fingerprint density at radius 2 is 1.97 bits per heavy atom. The van der Waals surface area contributed by atoms with Crippen LogP contribution in [0.4, 0.5) is 0 Å². The summed E-state index contributed by atoms with van der Waals surface area (Å²) in [5, 5.41) is 21.3. The molecule has 2 aliphatic rings. The lowest BCUT2D eigenvalue weighted by Gasteiger charge is -2.44. The van der Waals surface area contributed by atoms with Gasteiger partial charge < -0.3 is 20.9 Å². The molecule has 1 spiro atoms. The van der Waals surface area contributed by atoms with E-state index in [0.717, 1.165) is 22.3 Å². The van der Waals surface area contributed by atoms with Crippen LogP contribution in [0.15, 0.2) is 42.5 Å². The monoisotopic (exact) mass is 420 g/mol. The number of likely N-dealkylation sites (tertiary alicyclic amines) is 1. The fourth-order valence-corrected chi connectivity index (χ4v) is 4.20. The number of hydrogen-bond donors (Lipinski definition) is 3. The van der Waals surface area contributed by atoms with Crippen molar-refractivity contribution in [2.75, 3.05) is 26.7 Å². The molecule has 2 aromatic rings. The molecule has 0 saturated carbocycles. The maximum atomic E-state index is 12.2. The molecule has 4 N–H and O–H groups in total. The van der Waals surface area contributed by atoms with E-state index in [1.807, 2.05) is 55.6 Å². The molecule has 4 rings (SSSR count). The lowest BCUT2D eigenvalue weighted by atomic mass is 9.84. The van der Waals surface area contributed by atoms with Gasteiger partial charge in [-0.05, 0) is 35.9 Å². The summed E-state index contributed by atoms with van der Waals surface area (Å²) in [4.78, 5) is 26.1. The Morgan fingerprint density at radius 1 is 1.29 bits per heavy atom. The van der Waals surface area contributed by atoms with Crippen molar-refractivity contribution in [2.24, 2.45) is 5.73 Å². The topological polar surface area (TPSA) is 129 Å². The maximum Gasteiger partial charge on any atom is 0.339 e. The van der Waals surface area contributed by atoms with E-state index in [9.17, 15) is 20.0 Å². The Labute approximate surface area is 180 Å². The fraction of sp³-hybridized carbons (Fsp3) is 0.348. The number of likely N-dealkylation sites (N-methyl/N-ethyl adjacent to an activating group) is 1. The van der Waals surface area contributed by atoms with Crippen LogP contribution in [0.5, 0.6) is 0 Å². The SMILES string of the molecule is CN1CC2(C1)OC(=O)c1ccc(-c3ccc(C[C@@H](C#N)NC(=O)[C@@H](O)CN)cc3)cc12. The number of fused-ring (bicyclic) bond motifs is 2. The van der Waals surface area contributed by atoms with Crippen molar-refractivity contribution in [3.05, 3.63) is 59.2 Å². The predicted octanol–water partition coefficient (Wildman–Crippen LogP) is 0.535. The number of carbonyl (C=O) groups excluding carboxylic acids is 2. The van der Waals surface area contributed by atoms with Gasteiger partial charge >= 0.3 is 5.97 Å². The lowest BCUT2D eigenvalue weighted by molar-refractivity contribution is -0.129. The highest BCUT2D eigenvalue weighted by molar-refractivity contribution is 5.96. The molecule has 0 aromatic heterocycles. The molecule has 1 saturated heterocycles. The van der Waals surface area contributed by atoms with Crippen molar-refractivity contribution < 1.29 is 19.4 Å². The summed E-state index contributed by atoms with van der Waals surface area (Å²) in [7, 11) is 1.99. The molecule has 1 amide bonds. The third kappa shape index (κ3) is 3.91. The predicted molar refractivity (Wildman–Crippen MR) is 113 cm³/mol. The standard InChI is InChI=1S/C23H24N4O4/c1-27-12-23(13-27)19-9-16(6-7-18(19)22(30)31-23)15-4-2-14(3-5-15)8-17(10-24)26-21(29)20(28)11-25/h2-7,9,17,20,28H,8,11-13,25H2,1H3,(H,26,29)/t17-,20-/m0/s1. The molecule has 1 fully saturated rings. The number of carbonyl (C=O) groups is 2. The summed E-state index contributed by atoms with van der Waals surface area (Å²) in [6.07, 6.45) is -1.02. The van der Waals surface area contributed by atoms with Crippen LogP contribution in [-0.2, 0) is 21.6 Å². The van der Waals surface area contributed by atoms with Crippen LogP contribution in [-0.4, -0.2) is 60.7 Å². The van der Waals surface area contributed by atoms with Crippen molar-refractivity contribution in [2.45, 2.75) is 24.2 Å². The largest absolute Gasteiger partial charge is 0.448 e. The summed E-state index contributed by atoms with van der Waals surface area (Å²) in [5.74, 6) is -0.925. The molecule has 0 radical (unpaired) electrons. The first-order valence-corrected chi connectivity index (χ1v) is 10.1. The molecule has 2 aromatic carbocycles. The second-order valence-corrected chi connectivity index (χ2v) is 8.16. The van der Waals surface area contributed by atoms with Crippen molar-refractivity contribution in [3.63, 3.8) is 0 Å². The van der Waals surface area contributed by atoms with E-state index in [1.54, 1.807) is 0 Å². The van der Waals surface area contributed by atoms with Crippen molar-refractivity contribution in [1.29, 1.82) is 5.26 Å². The maximum absolute atomic E-state index is 12.2. The van der Waals surface area contributed by atoms with E-state index in [4.69, 9.17) is 10.5 Å². The van der Waals surface area contributed by atoms with E-state index in [1.165, 1.54) is 0 Å². The van der Waals surface area contributed by atoms with E-state index < -0.39 is 23.7 Å². The number of rotatable bonds is 6. The van der Waals surface area contributed by atoms with Crippen molar-refractivity contribution in [1.82, 2.24) is 10.2 Å². The van der Waals surface area contributed by atoms with Gasteiger partial charge in [-0.3, -0.25) is 9.69 Å². The first-order chi connectivity index (χ1) is 14.8. The van der Waals surface area contributed by atoms with E-state index in [-0.39, 0.29) is 12.5 Å². The van der Waals surface area contributed by atoms with E-state index in [0.29, 0.717) is 25.1 Å². The van der Waals surface area contributed by atoms with E-state index in [2.05, 4.69) is 10.2 Å². The van der Waals surface area contributed by atoms with Crippen LogP contribution < -0.4 is 11.1 Å². The van der Waals surface area contributed by atoms with Crippen LogP contribution in [0.3, 0.4) is 0 Å². The Balaban J connectivity index is 1.50. The highest BCUT2D eigenvalue weighted by atomic mass is 16.6. The Hall–Kier alpha value is -3.25. The molecule has 0 bridgehead atoms. The summed E-state index contributed by atoms with van der Waals surface area (Å²) < 4.78 is 5.68. The number of ether oxygens (including phenoxy) is 1. The molecule has 2 aliphatic heterocycles. The van der Waals surface area contributed by atoms with Gasteiger partial charge in [0.05, 0.1) is 11.6 Å². The number of aliphatic hydroxyl groups excluding tert-OH is 1. The first-order valence-electron chi connectivity index (χ1n) is 10.1. The van der Waals surface area contributed by atoms with Crippen molar-refractivity contribution >= 4 is 11.9 Å². The van der Waals surface area contributed by atoms with Gasteiger partial charge in [-0.25, -0.2) is 4.79 Å². The fourth-order valence-electron chi connectivity index (χ4n) is 4.20. The molecule has 8 heteroatoms. The van der Waals surface area contributed by atoms with Crippen LogP contribution >= 0.6 is 0 Å². The molecular weight excluding hydrogens is 396 g/mol. The quantitative estimate of drug-likeness (QED) is 0.582. The first kappa shape index (κ1) is 21.0. The molecule has 0 unspecified atom stereocenters. The number of esters is 1. The second kappa shape index (κ2) is 8.12. The highest BCUT2D eigenvalue weighted by Crippen LogP contribution is 2.44. The number of benzene rings is 2. The molecule has 31 heavy (non-hydrogen) atoms. The summed E-state index contributed by atoms with van der Waals surface area (Å²) in [6, 6.07) is 14.7. The molecule has 8 nitrogen and oxygen atoms in total. The zero-order valence-corrected chi connectivity index (χ0v) is 17.2. The zero-order valence-electron chi connectivity index (χ0n) is 17.2. The van der Waals surface area contributed by atoms with Gasteiger partial charge in [0.25, 0.3) is 5.91 Å². The third-order valence-electron chi connectivity index (χ3n) is 5.79. The molecule has 160 valence electrons. The second-order valence-electron chi connectivity index (χ2n) is 8.16. The van der Waals surface area contributed by atoms with Crippen LogP contribution in [0.1, 0.15) is 21.5 Å². The summed E-state index contributed by atoms with van der Waals surface area (Å²) in [5.41, 5.74) is 9.12. The Bertz CT molecular complexity index is 1050. The molecular formula is C23H24N4O4. The van der Waals surface area contributed by atoms with Gasteiger partial charge in [-0.1, -0.05) is 30.3 Å². The van der Waals surface area contributed by atoms with Crippen LogP contribution in [0.25, 0.3) is 11.1 Å². The molecule has 0 aliphatic carbocycles. The van der Waals surface area contributed by atoms with Gasteiger partial charge in [0.15, 0.2) is 5.60 Å². The highest BCUT2D eigenvalue weighted by Gasteiger charge is 2.52. The normalized spacial score (nSPS) is 18.5. The van der Waals surface area contributed by atoms with Crippen molar-refractivity contribution in [3.8, 4) is 17.2 Å². The smallest absolute Gasteiger partial charge is 0.339 e. The number of nitrogens with one attached hydrogen (secondary N) is 1. The Morgan fingerprint density at radius 3 is 2.58 bits per heavy atom. The average molecular weight is 420 g/mol. The van der Waals surface area contributed by atoms with Gasteiger partial charge in [-0.15, -0.1) is 0 Å². The zero-order chi connectivity index (χ0) is 22.2. The van der Waals surface area contributed by atoms with Gasteiger partial charge in [0, 0.05) is 31.6 Å². The van der Waals surface area contributed by atoms with Gasteiger partial charge in [-0.2, -0.15) is 5.26 Å². The van der Waals surface area contributed by atoms with Crippen LogP contribution in [0.2, 0.25) is 0 Å². The minimum Gasteiger partial charge on any atom is -0.448 e. The summed E-state index contributed by atoms with van der Waals surface area (Å²) >= 11 is 0. The average Bonchev–Trinajstić information content (AvgIpc) is 3.04. The summed E-state index contributed by atoms with van der Waals surface area (Å²) in [6.45, 7) is 1.18. The number of nitrogens with zero attached hydrogens (tertiary/aromatic N) is 2. The number of aliphatic hydroxyl groups is 1. The minimum absolute atomic E-state index is 0.201. The molecule has 2 atom stereocenters. The van der Waals surface area contributed by atoms with Crippen LogP contribution in [0, 0.1) is 11.3 Å². The third-order valence-corrected chi connectivity index (χ3v) is 5.79. The lowest BCUT2D eigenvalue weighted by Crippen LogP contribution is -2.57. The molecule has 2 heterocycles. The Kier molecular flexibility index (Phi) is 5.50. The number of nitrogens with two attached hydrogens (primary N) is 1. The van der Waals surface area contributed by atoms with Gasteiger partial charge in [0.2, 0.25) is 0 Å².